The molecule has 1 aromatic rings. The van der Waals surface area contributed by atoms with Gasteiger partial charge in [0.15, 0.2) is 0 Å². The predicted octanol–water partition coefficient (Wildman–Crippen LogP) is 1.84. The molecule has 0 aromatic heterocycles. The summed E-state index contributed by atoms with van der Waals surface area (Å²) >= 11 is 0. The van der Waals surface area contributed by atoms with Crippen molar-refractivity contribution in [2.24, 2.45) is 0 Å². The van der Waals surface area contributed by atoms with Crippen LogP contribution in [-0.2, 0) is 16.8 Å². The summed E-state index contributed by atoms with van der Waals surface area (Å²) in [5.74, 6) is -0.669. The Labute approximate surface area is 83.4 Å². The molecule has 1 aromatic carbocycles. The molecule has 8 heteroatoms. The van der Waals surface area contributed by atoms with Crippen LogP contribution in [-0.4, -0.2) is 12.6 Å². The molecule has 0 unspecified atom stereocenters. The zero-order valence-corrected chi connectivity index (χ0v) is 7.77. The van der Waals surface area contributed by atoms with E-state index in [9.17, 15) is 17.6 Å². The molecule has 0 saturated carbocycles. The van der Waals surface area contributed by atoms with E-state index in [0.717, 1.165) is 12.1 Å². The maximum Gasteiger partial charge on any atom is 0.425 e. The van der Waals surface area contributed by atoms with Gasteiger partial charge in [0.1, 0.15) is 5.82 Å². The van der Waals surface area contributed by atoms with Gasteiger partial charge >= 0.3 is 16.8 Å². The van der Waals surface area contributed by atoms with E-state index in [0.29, 0.717) is 12.1 Å². The Hall–Kier alpha value is -1.44. The molecule has 0 heterocycles. The predicted molar refractivity (Wildman–Crippen MR) is 41.1 cm³/mol. The van der Waals surface area contributed by atoms with E-state index in [1.54, 1.807) is 0 Å². The van der Waals surface area contributed by atoms with Crippen molar-refractivity contribution in [3.63, 3.8) is 0 Å². The van der Waals surface area contributed by atoms with E-state index < -0.39 is 28.2 Å². The molecular weight excluding hydrogens is 240 g/mol. The van der Waals surface area contributed by atoms with E-state index >= 15 is 0 Å². The highest BCUT2D eigenvalue weighted by molar-refractivity contribution is 7.59. The lowest BCUT2D eigenvalue weighted by molar-refractivity contribution is -0.137. The molecule has 15 heavy (non-hydrogen) atoms. The van der Waals surface area contributed by atoms with Crippen molar-refractivity contribution >= 4 is 10.6 Å². The second-order valence-corrected chi connectivity index (χ2v) is 2.62. The fourth-order valence-corrected chi connectivity index (χ4v) is 0.639. The van der Waals surface area contributed by atoms with Crippen molar-refractivity contribution in [2.45, 2.75) is 6.18 Å². The number of hydrogen-bond donors (Lipinski definition) is 0. The van der Waals surface area contributed by atoms with Crippen LogP contribution in [0.25, 0.3) is 0 Å². The zero-order chi connectivity index (χ0) is 12.1. The van der Waals surface area contributed by atoms with Gasteiger partial charge in [-0.05, 0) is 24.3 Å². The third-order valence-corrected chi connectivity index (χ3v) is 1.17. The van der Waals surface area contributed by atoms with Crippen molar-refractivity contribution in [1.29, 1.82) is 0 Å². The fraction of sp³-hybridized carbons (Fsp3) is 0.143. The summed E-state index contributed by atoms with van der Waals surface area (Å²) in [7, 11) is -3.11. The van der Waals surface area contributed by atoms with Gasteiger partial charge in [-0.25, -0.2) is 4.39 Å². The normalized spacial score (nSPS) is 10.1. The lowest BCUT2D eigenvalue weighted by Gasteiger charge is -2.04. The molecule has 0 bridgehead atoms. The topological polar surface area (TPSA) is 51.2 Å². The van der Waals surface area contributed by atoms with E-state index in [4.69, 9.17) is 12.6 Å². The minimum absolute atomic E-state index is 0.669. The molecule has 0 radical (unpaired) electrons. The molecule has 0 N–H and O–H groups in total. The van der Waals surface area contributed by atoms with Gasteiger partial charge in [-0.3, -0.25) is 0 Å². The quantitative estimate of drug-likeness (QED) is 0.654. The second-order valence-electron chi connectivity index (χ2n) is 2.21. The Morgan fingerprint density at radius 3 is 1.53 bits per heavy atom. The van der Waals surface area contributed by atoms with Gasteiger partial charge in [0.2, 0.25) is 0 Å². The molecule has 0 fully saturated rings. The van der Waals surface area contributed by atoms with Gasteiger partial charge in [0.05, 0.1) is 5.56 Å². The van der Waals surface area contributed by atoms with Gasteiger partial charge < -0.3 is 0 Å². The summed E-state index contributed by atoms with van der Waals surface area (Å²) in [4.78, 5) is 0. The first-order valence-corrected chi connectivity index (χ1v) is 4.33. The maximum atomic E-state index is 12.1. The minimum atomic E-state index is -4.38. The Morgan fingerprint density at radius 1 is 0.933 bits per heavy atom. The highest BCUT2D eigenvalue weighted by Crippen LogP contribution is 2.28. The first-order chi connectivity index (χ1) is 6.73. The standard InChI is InChI=1S/C7H4F4.O3S/c8-6-3-1-5(2-4-6)7(9,10)11;1-4(2)3/h1-4H;. The number of hydrogen-bond acceptors (Lipinski definition) is 3. The van der Waals surface area contributed by atoms with Crippen LogP contribution in [0.3, 0.4) is 0 Å². The van der Waals surface area contributed by atoms with Gasteiger partial charge in [-0.1, -0.05) is 0 Å². The highest BCUT2D eigenvalue weighted by Gasteiger charge is 2.29. The maximum absolute atomic E-state index is 12.1. The highest BCUT2D eigenvalue weighted by atomic mass is 32.2. The summed E-state index contributed by atoms with van der Waals surface area (Å²) in [6.07, 6.45) is -4.38. The monoisotopic (exact) mass is 244 g/mol. The van der Waals surface area contributed by atoms with Crippen LogP contribution < -0.4 is 0 Å². The van der Waals surface area contributed by atoms with Crippen molar-refractivity contribution in [3.8, 4) is 0 Å². The lowest BCUT2D eigenvalue weighted by Crippen LogP contribution is -2.03. The molecule has 0 atom stereocenters. The minimum Gasteiger partial charge on any atom is -0.207 e. The van der Waals surface area contributed by atoms with E-state index in [1.807, 2.05) is 0 Å². The summed E-state index contributed by atoms with van der Waals surface area (Å²) in [6.45, 7) is 0. The van der Waals surface area contributed by atoms with Gasteiger partial charge in [-0.15, -0.1) is 12.6 Å². The Bertz CT molecular complexity index is 399. The lowest BCUT2D eigenvalue weighted by atomic mass is 10.2. The first kappa shape index (κ1) is 13.6. The van der Waals surface area contributed by atoms with E-state index in [-0.39, 0.29) is 0 Å². The zero-order valence-electron chi connectivity index (χ0n) is 6.95. The number of rotatable bonds is 0. The van der Waals surface area contributed by atoms with Crippen LogP contribution in [0, 0.1) is 5.82 Å². The van der Waals surface area contributed by atoms with Crippen LogP contribution >= 0.6 is 0 Å². The van der Waals surface area contributed by atoms with Crippen molar-refractivity contribution < 1.29 is 30.2 Å². The molecule has 0 spiro atoms. The van der Waals surface area contributed by atoms with E-state index in [2.05, 4.69) is 0 Å². The molecule has 84 valence electrons. The third-order valence-electron chi connectivity index (χ3n) is 1.17. The van der Waals surface area contributed by atoms with Crippen LogP contribution in [0.4, 0.5) is 17.6 Å². The van der Waals surface area contributed by atoms with Crippen LogP contribution in [0.1, 0.15) is 5.56 Å². The number of benzene rings is 1. The van der Waals surface area contributed by atoms with Crippen molar-refractivity contribution in [3.05, 3.63) is 35.6 Å². The molecule has 0 aliphatic heterocycles. The van der Waals surface area contributed by atoms with Crippen molar-refractivity contribution in [2.75, 3.05) is 0 Å². The largest absolute Gasteiger partial charge is 0.425 e. The molecule has 0 amide bonds. The summed E-state index contributed by atoms with van der Waals surface area (Å²) in [5.41, 5.74) is -0.834. The molecular formula is C7H4F4O3S. The van der Waals surface area contributed by atoms with Crippen molar-refractivity contribution in [1.82, 2.24) is 0 Å². The molecule has 3 nitrogen and oxygen atoms in total. The molecule has 0 aliphatic rings. The van der Waals surface area contributed by atoms with Gasteiger partial charge in [0, 0.05) is 0 Å². The summed E-state index contributed by atoms with van der Waals surface area (Å²) in [5, 5.41) is 0. The van der Waals surface area contributed by atoms with Gasteiger partial charge in [-0.2, -0.15) is 13.2 Å². The third kappa shape index (κ3) is 6.61. The summed E-state index contributed by atoms with van der Waals surface area (Å²) in [6, 6.07) is 2.97. The molecule has 0 saturated heterocycles. The number of alkyl halides is 3. The Balaban J connectivity index is 0.000000423. The number of halogens is 4. The average Bonchev–Trinajstić information content (AvgIpc) is 2.01. The fourth-order valence-electron chi connectivity index (χ4n) is 0.639. The summed E-state index contributed by atoms with van der Waals surface area (Å²) < 4.78 is 72.8. The van der Waals surface area contributed by atoms with Crippen LogP contribution in [0.15, 0.2) is 24.3 Å². The van der Waals surface area contributed by atoms with Gasteiger partial charge in [0.25, 0.3) is 0 Å². The van der Waals surface area contributed by atoms with Crippen LogP contribution in [0.2, 0.25) is 0 Å². The molecule has 1 rings (SSSR count). The Morgan fingerprint density at radius 2 is 1.27 bits per heavy atom. The van der Waals surface area contributed by atoms with Crippen LogP contribution in [0.5, 0.6) is 0 Å². The Kier molecular flexibility index (Phi) is 4.92. The molecule has 0 aliphatic carbocycles. The second kappa shape index (κ2) is 5.44. The first-order valence-electron chi connectivity index (χ1n) is 3.33. The van der Waals surface area contributed by atoms with E-state index in [1.165, 1.54) is 0 Å². The SMILES string of the molecule is Fc1ccc(C(F)(F)F)cc1.O=S(=O)=O. The smallest absolute Gasteiger partial charge is 0.207 e. The average molecular weight is 244 g/mol.